The summed E-state index contributed by atoms with van der Waals surface area (Å²) in [5.74, 6) is 0. The predicted octanol–water partition coefficient (Wildman–Crippen LogP) is 7.72. The second kappa shape index (κ2) is 10.4. The van der Waals surface area contributed by atoms with Crippen molar-refractivity contribution < 1.29 is 62.8 Å². The summed E-state index contributed by atoms with van der Waals surface area (Å²) in [5, 5.41) is 2.42. The van der Waals surface area contributed by atoms with Crippen molar-refractivity contribution in [3.05, 3.63) is 64.2 Å². The van der Waals surface area contributed by atoms with Gasteiger partial charge in [0.2, 0.25) is 0 Å². The molecule has 1 heterocycles. The second-order valence-electron chi connectivity index (χ2n) is 7.85. The summed E-state index contributed by atoms with van der Waals surface area (Å²) in [6.45, 7) is -12.0. The van der Waals surface area contributed by atoms with Crippen LogP contribution in [0.4, 0.5) is 50.0 Å². The molecule has 2 aromatic rings. The van der Waals surface area contributed by atoms with E-state index < -0.39 is 110 Å². The molecule has 3 rings (SSSR count). The molecule has 1 aliphatic heterocycles. The SMILES string of the molecule is [2H]C([2H])([2H])C([2H])([2H])OC(=O)N1c2ccc(C(F)(F)F)cc2[C@@H](NCc2cc(C(F)(F)F)cc(C(F)(F)F)c2)C[C@H]1C([2H])([2H])C([2H])([2H])[2H]. The molecule has 13 heteroatoms. The van der Waals surface area contributed by atoms with Crippen molar-refractivity contribution in [3.8, 4) is 0 Å². The Kier molecular flexibility index (Phi) is 4.94. The monoisotopic (exact) mass is 552 g/mol. The minimum absolute atomic E-state index is 0.121. The lowest BCUT2D eigenvalue weighted by Gasteiger charge is -2.40. The third kappa shape index (κ3) is 6.49. The zero-order valence-corrected chi connectivity index (χ0v) is 18.2. The highest BCUT2D eigenvalue weighted by Gasteiger charge is 2.40. The van der Waals surface area contributed by atoms with Crippen molar-refractivity contribution in [3.63, 3.8) is 0 Å². The zero-order valence-electron chi connectivity index (χ0n) is 28.2. The van der Waals surface area contributed by atoms with E-state index >= 15 is 0 Å². The molecule has 0 fully saturated rings. The van der Waals surface area contributed by atoms with Crippen LogP contribution < -0.4 is 10.2 Å². The van der Waals surface area contributed by atoms with Gasteiger partial charge in [0.15, 0.2) is 0 Å². The number of nitrogens with one attached hydrogen (secondary N) is 1. The maximum absolute atomic E-state index is 13.7. The minimum Gasteiger partial charge on any atom is -0.449 e. The highest BCUT2D eigenvalue weighted by Crippen LogP contribution is 2.42. The molecule has 4 nitrogen and oxygen atoms in total. The smallest absolute Gasteiger partial charge is 0.416 e. The number of benzene rings is 2. The molecule has 0 unspecified atom stereocenters. The van der Waals surface area contributed by atoms with Crippen LogP contribution in [0.25, 0.3) is 0 Å². The number of halogens is 9. The molecule has 204 valence electrons. The minimum atomic E-state index is -5.25. The van der Waals surface area contributed by atoms with Gasteiger partial charge in [-0.2, -0.15) is 39.5 Å². The molecule has 0 radical (unpaired) electrons. The third-order valence-corrected chi connectivity index (χ3v) is 5.46. The summed E-state index contributed by atoms with van der Waals surface area (Å²) in [7, 11) is 0. The van der Waals surface area contributed by atoms with E-state index in [-0.39, 0.29) is 11.0 Å². The van der Waals surface area contributed by atoms with E-state index in [4.69, 9.17) is 13.7 Å². The summed E-state index contributed by atoms with van der Waals surface area (Å²) >= 11 is 0. The normalized spacial score (nSPS) is 24.0. The van der Waals surface area contributed by atoms with Crippen LogP contribution in [-0.4, -0.2) is 18.7 Å². The van der Waals surface area contributed by atoms with Crippen molar-refractivity contribution in [1.82, 2.24) is 5.32 Å². The molecule has 0 saturated carbocycles. The topological polar surface area (TPSA) is 41.6 Å². The first-order valence-corrected chi connectivity index (χ1v) is 10.1. The molecule has 0 saturated heterocycles. The fourth-order valence-corrected chi connectivity index (χ4v) is 3.85. The quantitative estimate of drug-likeness (QED) is 0.386. The number of hydrogen-bond acceptors (Lipinski definition) is 3. The Bertz CT molecular complexity index is 1460. The Balaban J connectivity index is 2.22. The molecule has 1 amide bonds. The lowest BCUT2D eigenvalue weighted by molar-refractivity contribution is -0.143. The van der Waals surface area contributed by atoms with Crippen LogP contribution in [0.5, 0.6) is 0 Å². The Hall–Kier alpha value is -2.96. The number of rotatable bonds is 5. The molecule has 1 aliphatic rings. The number of hydrogen-bond donors (Lipinski definition) is 1. The van der Waals surface area contributed by atoms with Gasteiger partial charge in [-0.1, -0.05) is 6.85 Å². The molecular formula is C24H23F9N2O2. The number of anilines is 1. The van der Waals surface area contributed by atoms with Gasteiger partial charge >= 0.3 is 24.6 Å². The largest absolute Gasteiger partial charge is 0.449 e. The van der Waals surface area contributed by atoms with Crippen LogP contribution in [0.2, 0.25) is 0 Å². The molecule has 1 N–H and O–H groups in total. The second-order valence-corrected chi connectivity index (χ2v) is 7.85. The van der Waals surface area contributed by atoms with Crippen molar-refractivity contribution in [2.45, 2.75) is 63.7 Å². The van der Waals surface area contributed by atoms with Gasteiger partial charge in [-0.15, -0.1) is 0 Å². The van der Waals surface area contributed by atoms with E-state index in [9.17, 15) is 44.3 Å². The summed E-state index contributed by atoms with van der Waals surface area (Å²) < 4.78 is 202. The van der Waals surface area contributed by atoms with Gasteiger partial charge in [0.05, 0.1) is 31.7 Å². The van der Waals surface area contributed by atoms with Crippen LogP contribution in [0.15, 0.2) is 36.4 Å². The zero-order chi connectivity index (χ0) is 36.3. The maximum atomic E-state index is 13.7. The average molecular weight is 553 g/mol. The summed E-state index contributed by atoms with van der Waals surface area (Å²) in [4.78, 5) is 13.4. The van der Waals surface area contributed by atoms with Gasteiger partial charge < -0.3 is 10.1 Å². The fourth-order valence-electron chi connectivity index (χ4n) is 3.85. The summed E-state index contributed by atoms with van der Waals surface area (Å²) in [6, 6.07) is -2.23. The first kappa shape index (κ1) is 17.5. The number of fused-ring (bicyclic) bond motifs is 1. The number of nitrogens with zero attached hydrogens (tertiary/aromatic N) is 1. The van der Waals surface area contributed by atoms with Crippen molar-refractivity contribution in [2.75, 3.05) is 11.5 Å². The standard InChI is InChI=1S/C24H23F9N2O2/c1-3-17-11-19(34-12-13-7-15(23(28,29)30)9-16(8-13)24(31,32)33)18-10-14(22(25,26)27)5-6-20(18)35(17)21(36)37-4-2/h5-10,17,19,34H,3-4,11-12H2,1-2H3/t17-,19+/m1/s1/i1D3,2D3,3D2,4D2. The van der Waals surface area contributed by atoms with Crippen molar-refractivity contribution in [1.29, 1.82) is 0 Å². The van der Waals surface area contributed by atoms with Gasteiger partial charge in [-0.3, -0.25) is 4.90 Å². The van der Waals surface area contributed by atoms with Crippen LogP contribution in [-0.2, 0) is 29.8 Å². The first-order valence-electron chi connectivity index (χ1n) is 15.1. The molecule has 0 aromatic heterocycles. The van der Waals surface area contributed by atoms with Gasteiger partial charge in [0.1, 0.15) is 0 Å². The third-order valence-electron chi connectivity index (χ3n) is 5.46. The Labute approximate surface area is 220 Å². The molecular weight excluding hydrogens is 519 g/mol. The number of ether oxygens (including phenoxy) is 1. The van der Waals surface area contributed by atoms with Crippen molar-refractivity contribution >= 4 is 11.8 Å². The summed E-state index contributed by atoms with van der Waals surface area (Å²) in [6.07, 6.45) is -22.1. The van der Waals surface area contributed by atoms with E-state index in [1.165, 1.54) is 0 Å². The molecule has 2 atom stereocenters. The Morgan fingerprint density at radius 1 is 0.973 bits per heavy atom. The van der Waals surface area contributed by atoms with Gasteiger partial charge in [-0.05, 0) is 67.2 Å². The lowest BCUT2D eigenvalue weighted by atomic mass is 9.88. The van der Waals surface area contributed by atoms with Gasteiger partial charge in [-0.25, -0.2) is 4.79 Å². The number of amides is 1. The van der Waals surface area contributed by atoms with Crippen LogP contribution >= 0.6 is 0 Å². The van der Waals surface area contributed by atoms with E-state index in [2.05, 4.69) is 10.1 Å². The Morgan fingerprint density at radius 3 is 2.14 bits per heavy atom. The van der Waals surface area contributed by atoms with E-state index in [1.54, 1.807) is 0 Å². The van der Waals surface area contributed by atoms with Crippen LogP contribution in [0, 0.1) is 0 Å². The highest BCUT2D eigenvalue weighted by atomic mass is 19.4. The lowest BCUT2D eigenvalue weighted by Crippen LogP contribution is -2.47. The van der Waals surface area contributed by atoms with E-state index in [1.807, 2.05) is 0 Å². The van der Waals surface area contributed by atoms with Gasteiger partial charge in [0.25, 0.3) is 0 Å². The molecule has 37 heavy (non-hydrogen) atoms. The number of carbonyl (C=O) groups excluding carboxylic acids is 1. The number of alkyl halides is 9. The first-order chi connectivity index (χ1) is 20.9. The van der Waals surface area contributed by atoms with Crippen molar-refractivity contribution in [2.24, 2.45) is 0 Å². The van der Waals surface area contributed by atoms with Crippen LogP contribution in [0.1, 0.15) is 74.1 Å². The molecule has 0 spiro atoms. The molecule has 0 bridgehead atoms. The Morgan fingerprint density at radius 2 is 1.59 bits per heavy atom. The molecule has 2 aromatic carbocycles. The fraction of sp³-hybridized carbons (Fsp3) is 0.458. The highest BCUT2D eigenvalue weighted by molar-refractivity contribution is 5.90. The number of carbonyl (C=O) groups is 1. The van der Waals surface area contributed by atoms with Gasteiger partial charge in [0, 0.05) is 29.6 Å². The van der Waals surface area contributed by atoms with E-state index in [0.29, 0.717) is 30.3 Å². The predicted molar refractivity (Wildman–Crippen MR) is 116 cm³/mol. The average Bonchev–Trinajstić information content (AvgIpc) is 2.87. The summed E-state index contributed by atoms with van der Waals surface area (Å²) in [5.41, 5.74) is -6.87. The van der Waals surface area contributed by atoms with Crippen LogP contribution in [0.3, 0.4) is 0 Å². The maximum Gasteiger partial charge on any atom is 0.416 e. The van der Waals surface area contributed by atoms with E-state index in [0.717, 1.165) is 0 Å². The molecule has 0 aliphatic carbocycles.